The molecule has 0 unspecified atom stereocenters. The number of hydrogen-bond acceptors (Lipinski definition) is 6. The van der Waals surface area contributed by atoms with Gasteiger partial charge in [0, 0.05) is 21.5 Å². The molecule has 0 saturated heterocycles. The molecule has 0 fully saturated rings. The van der Waals surface area contributed by atoms with E-state index in [1.54, 1.807) is 0 Å². The maximum absolute atomic E-state index is 12.6. The van der Waals surface area contributed by atoms with Crippen molar-refractivity contribution in [2.24, 2.45) is 0 Å². The fourth-order valence-electron chi connectivity index (χ4n) is 4.47. The van der Waals surface area contributed by atoms with Crippen molar-refractivity contribution < 1.29 is 28.5 Å². The van der Waals surface area contributed by atoms with Crippen molar-refractivity contribution in [3.63, 3.8) is 0 Å². The van der Waals surface area contributed by atoms with Crippen LogP contribution in [-0.4, -0.2) is 12.3 Å². The molecule has 0 aliphatic carbocycles. The fraction of sp³-hybridized carbons (Fsp3) is 0.394. The summed E-state index contributed by atoms with van der Waals surface area (Å²) in [7, 11) is 0. The van der Waals surface area contributed by atoms with Gasteiger partial charge in [-0.15, -0.1) is 0 Å². The summed E-state index contributed by atoms with van der Waals surface area (Å²) in [4.78, 5) is 25.2. The van der Waals surface area contributed by atoms with Crippen molar-refractivity contribution in [2.45, 2.75) is 85.0 Å². The lowest BCUT2D eigenvalue weighted by molar-refractivity contribution is 0.134. The van der Waals surface area contributed by atoms with Crippen molar-refractivity contribution in [1.29, 1.82) is 0 Å². The predicted octanol–water partition coefficient (Wildman–Crippen LogP) is 10.3. The highest BCUT2D eigenvalue weighted by molar-refractivity contribution is 6.13. The highest BCUT2D eigenvalue weighted by Crippen LogP contribution is 2.44. The van der Waals surface area contributed by atoms with Gasteiger partial charge in [0.1, 0.15) is 5.75 Å². The van der Waals surface area contributed by atoms with Gasteiger partial charge in [-0.1, -0.05) is 94.8 Å². The lowest BCUT2D eigenvalue weighted by Gasteiger charge is -2.16. The van der Waals surface area contributed by atoms with Crippen LogP contribution in [0.5, 0.6) is 11.5 Å². The summed E-state index contributed by atoms with van der Waals surface area (Å²) in [6.45, 7) is 6.25. The molecule has 0 saturated carbocycles. The molecule has 208 valence electrons. The number of carbonyl (C=O) groups excluding carboxylic acids is 2. The maximum atomic E-state index is 12.6. The molecular formula is C33H40O6. The van der Waals surface area contributed by atoms with Crippen molar-refractivity contribution in [3.05, 3.63) is 72.7 Å². The third kappa shape index (κ3) is 8.88. The van der Waals surface area contributed by atoms with Gasteiger partial charge in [0.05, 0.1) is 12.5 Å². The molecule has 0 spiro atoms. The second-order valence-electron chi connectivity index (χ2n) is 9.58. The van der Waals surface area contributed by atoms with Gasteiger partial charge in [0.15, 0.2) is 5.75 Å². The SMILES string of the molecule is CCCCCC/C=C/OC(=O)Oc1c2ccccc2c(OC(=O)O/C=C/CCCCCC)c2c(C)cccc12. The molecule has 3 rings (SSSR count). The number of allylic oxidation sites excluding steroid dienone is 2. The highest BCUT2D eigenvalue weighted by atomic mass is 16.7. The van der Waals surface area contributed by atoms with Crippen LogP contribution in [0.2, 0.25) is 0 Å². The molecule has 0 aliphatic heterocycles. The van der Waals surface area contributed by atoms with E-state index in [0.29, 0.717) is 33.0 Å². The zero-order valence-corrected chi connectivity index (χ0v) is 23.4. The van der Waals surface area contributed by atoms with E-state index in [-0.39, 0.29) is 0 Å². The van der Waals surface area contributed by atoms with Crippen LogP contribution in [0, 0.1) is 6.92 Å². The quantitative estimate of drug-likeness (QED) is 0.0676. The fourth-order valence-corrected chi connectivity index (χ4v) is 4.47. The van der Waals surface area contributed by atoms with Crippen LogP contribution in [0.1, 0.15) is 83.6 Å². The number of carbonyl (C=O) groups is 2. The first-order chi connectivity index (χ1) is 19.1. The minimum absolute atomic E-state index is 0.346. The Labute approximate surface area is 231 Å². The van der Waals surface area contributed by atoms with Crippen molar-refractivity contribution in [2.75, 3.05) is 0 Å². The average molecular weight is 533 g/mol. The Morgan fingerprint density at radius 2 is 1.15 bits per heavy atom. The zero-order valence-electron chi connectivity index (χ0n) is 23.4. The molecule has 0 aromatic heterocycles. The molecule has 0 amide bonds. The van der Waals surface area contributed by atoms with Gasteiger partial charge in [-0.3, -0.25) is 0 Å². The minimum Gasteiger partial charge on any atom is -0.403 e. The van der Waals surface area contributed by atoms with Crippen LogP contribution >= 0.6 is 0 Å². The number of unbranched alkanes of at least 4 members (excludes halogenated alkanes) is 8. The summed E-state index contributed by atoms with van der Waals surface area (Å²) in [5.41, 5.74) is 0.859. The van der Waals surface area contributed by atoms with Crippen LogP contribution in [0.15, 0.2) is 67.1 Å². The number of hydrogen-bond donors (Lipinski definition) is 0. The molecule has 0 bridgehead atoms. The van der Waals surface area contributed by atoms with Gasteiger partial charge in [-0.2, -0.15) is 0 Å². The van der Waals surface area contributed by atoms with Crippen molar-refractivity contribution in [1.82, 2.24) is 0 Å². The molecule has 0 atom stereocenters. The summed E-state index contributed by atoms with van der Waals surface area (Å²) in [6.07, 6.45) is 15.6. The molecule has 0 N–H and O–H groups in total. The van der Waals surface area contributed by atoms with Crippen LogP contribution in [-0.2, 0) is 9.47 Å². The second-order valence-corrected chi connectivity index (χ2v) is 9.58. The van der Waals surface area contributed by atoms with E-state index >= 15 is 0 Å². The highest BCUT2D eigenvalue weighted by Gasteiger charge is 2.22. The summed E-state index contributed by atoms with van der Waals surface area (Å²) < 4.78 is 21.9. The first-order valence-corrected chi connectivity index (χ1v) is 14.1. The normalized spacial score (nSPS) is 11.5. The zero-order chi connectivity index (χ0) is 27.9. The Kier molecular flexibility index (Phi) is 12.4. The van der Waals surface area contributed by atoms with E-state index < -0.39 is 12.3 Å². The summed E-state index contributed by atoms with van der Waals surface area (Å²) in [5.74, 6) is 0.700. The van der Waals surface area contributed by atoms with E-state index in [2.05, 4.69) is 13.8 Å². The van der Waals surface area contributed by atoms with Crippen LogP contribution in [0.4, 0.5) is 9.59 Å². The summed E-state index contributed by atoms with van der Waals surface area (Å²) >= 11 is 0. The number of rotatable bonds is 14. The lowest BCUT2D eigenvalue weighted by Crippen LogP contribution is -2.10. The standard InChI is InChI=1S/C33H40O6/c1-4-6-8-10-12-16-23-36-32(34)38-30-26-20-14-15-21-27(26)31(29-25(3)19-18-22-28(29)30)39-33(35)37-24-17-13-11-9-7-5-2/h14-24H,4-13H2,1-3H3/b23-16+,24-17+. The van der Waals surface area contributed by atoms with E-state index in [4.69, 9.17) is 18.9 Å². The van der Waals surface area contributed by atoms with E-state index in [1.165, 1.54) is 38.2 Å². The number of aryl methyl sites for hydroxylation is 1. The number of benzene rings is 3. The van der Waals surface area contributed by atoms with Crippen molar-refractivity contribution >= 4 is 33.9 Å². The largest absolute Gasteiger partial charge is 0.518 e. The van der Waals surface area contributed by atoms with Crippen LogP contribution in [0.25, 0.3) is 21.5 Å². The molecule has 3 aromatic carbocycles. The molecule has 6 nitrogen and oxygen atoms in total. The van der Waals surface area contributed by atoms with Gasteiger partial charge >= 0.3 is 12.3 Å². The van der Waals surface area contributed by atoms with E-state index in [1.807, 2.05) is 61.5 Å². The Morgan fingerprint density at radius 1 is 0.641 bits per heavy atom. The molecule has 0 radical (unpaired) electrons. The van der Waals surface area contributed by atoms with Crippen LogP contribution in [0.3, 0.4) is 0 Å². The Balaban J connectivity index is 1.81. The number of ether oxygens (including phenoxy) is 4. The van der Waals surface area contributed by atoms with Gasteiger partial charge in [-0.05, 0) is 50.3 Å². The monoisotopic (exact) mass is 532 g/mol. The molecule has 0 aliphatic rings. The Bertz CT molecular complexity index is 1290. The van der Waals surface area contributed by atoms with E-state index in [9.17, 15) is 9.59 Å². The molecular weight excluding hydrogens is 492 g/mol. The van der Waals surface area contributed by atoms with Gasteiger partial charge in [0.25, 0.3) is 0 Å². The van der Waals surface area contributed by atoms with E-state index in [0.717, 1.165) is 44.1 Å². The topological polar surface area (TPSA) is 71.1 Å². The Hall–Kier alpha value is -3.80. The molecule has 3 aromatic rings. The molecule has 39 heavy (non-hydrogen) atoms. The average Bonchev–Trinajstić information content (AvgIpc) is 2.93. The first-order valence-electron chi connectivity index (χ1n) is 14.1. The molecule has 0 heterocycles. The van der Waals surface area contributed by atoms with Crippen molar-refractivity contribution in [3.8, 4) is 11.5 Å². The maximum Gasteiger partial charge on any atom is 0.518 e. The molecule has 6 heteroatoms. The van der Waals surface area contributed by atoms with Crippen LogP contribution < -0.4 is 9.47 Å². The Morgan fingerprint density at radius 3 is 1.72 bits per heavy atom. The first kappa shape index (κ1) is 29.8. The minimum atomic E-state index is -0.829. The number of fused-ring (bicyclic) bond motifs is 2. The second kappa shape index (κ2) is 16.2. The third-order valence-corrected chi connectivity index (χ3v) is 6.50. The van der Waals surface area contributed by atoms with Gasteiger partial charge < -0.3 is 18.9 Å². The smallest absolute Gasteiger partial charge is 0.403 e. The predicted molar refractivity (Wildman–Crippen MR) is 156 cm³/mol. The third-order valence-electron chi connectivity index (χ3n) is 6.50. The summed E-state index contributed by atoms with van der Waals surface area (Å²) in [5, 5.41) is 2.52. The van der Waals surface area contributed by atoms with Gasteiger partial charge in [0.2, 0.25) is 0 Å². The van der Waals surface area contributed by atoms with Gasteiger partial charge in [-0.25, -0.2) is 9.59 Å². The summed E-state index contributed by atoms with van der Waals surface area (Å²) in [6, 6.07) is 12.9. The lowest BCUT2D eigenvalue weighted by atomic mass is 9.97.